The molecular formula is C19H21F3N6O. The first-order valence-corrected chi connectivity index (χ1v) is 9.21. The molecule has 10 heteroatoms. The van der Waals surface area contributed by atoms with E-state index in [2.05, 4.69) is 20.7 Å². The molecule has 1 saturated heterocycles. The van der Waals surface area contributed by atoms with Crippen LogP contribution < -0.4 is 16.4 Å². The molecule has 2 aromatic heterocycles. The minimum absolute atomic E-state index is 0.0585. The highest BCUT2D eigenvalue weighted by Crippen LogP contribution is 2.33. The summed E-state index contributed by atoms with van der Waals surface area (Å²) in [7, 11) is 0. The molecule has 4 N–H and O–H groups in total. The van der Waals surface area contributed by atoms with Crippen molar-refractivity contribution in [3.63, 3.8) is 0 Å². The smallest absolute Gasteiger partial charge is 0.399 e. The van der Waals surface area contributed by atoms with E-state index in [0.717, 1.165) is 24.2 Å². The van der Waals surface area contributed by atoms with E-state index < -0.39 is 17.8 Å². The van der Waals surface area contributed by atoms with Crippen LogP contribution in [0.25, 0.3) is 5.52 Å². The van der Waals surface area contributed by atoms with Crippen molar-refractivity contribution in [1.82, 2.24) is 19.9 Å². The van der Waals surface area contributed by atoms with Gasteiger partial charge in [-0.25, -0.2) is 9.50 Å². The van der Waals surface area contributed by atoms with Crippen molar-refractivity contribution in [3.8, 4) is 0 Å². The standard InChI is InChI=1S/C19H21F3N6O/c1-11(12-4-14(19(20,21)22)7-15(23)5-12)27-18-16-6-13(9-28(16)26-10-25-18)17-8-24-2-3-29-17/h4-7,9-11,17,24H,2-3,8,23H2,1H3,(H,25,26,27). The number of anilines is 2. The van der Waals surface area contributed by atoms with Crippen molar-refractivity contribution < 1.29 is 17.9 Å². The molecule has 0 radical (unpaired) electrons. The molecule has 3 heterocycles. The molecule has 1 aliphatic rings. The number of halogens is 3. The van der Waals surface area contributed by atoms with Crippen LogP contribution in [-0.4, -0.2) is 34.3 Å². The lowest BCUT2D eigenvalue weighted by atomic mass is 10.0. The second-order valence-electron chi connectivity index (χ2n) is 7.03. The van der Waals surface area contributed by atoms with E-state index in [9.17, 15) is 13.2 Å². The third kappa shape index (κ3) is 4.13. The topological polar surface area (TPSA) is 89.5 Å². The van der Waals surface area contributed by atoms with Gasteiger partial charge >= 0.3 is 6.18 Å². The van der Waals surface area contributed by atoms with E-state index in [1.807, 2.05) is 12.3 Å². The van der Waals surface area contributed by atoms with Crippen molar-refractivity contribution in [2.24, 2.45) is 0 Å². The number of nitrogens with two attached hydrogens (primary N) is 1. The van der Waals surface area contributed by atoms with E-state index >= 15 is 0 Å². The maximum absolute atomic E-state index is 13.1. The molecule has 29 heavy (non-hydrogen) atoms. The van der Waals surface area contributed by atoms with Gasteiger partial charge in [0.2, 0.25) is 0 Å². The highest BCUT2D eigenvalue weighted by atomic mass is 19.4. The summed E-state index contributed by atoms with van der Waals surface area (Å²) in [5, 5.41) is 10.7. The number of hydrogen-bond donors (Lipinski definition) is 3. The largest absolute Gasteiger partial charge is 0.416 e. The summed E-state index contributed by atoms with van der Waals surface area (Å²) in [6, 6.07) is 5.02. The zero-order valence-electron chi connectivity index (χ0n) is 15.7. The van der Waals surface area contributed by atoms with Gasteiger partial charge in [-0.05, 0) is 36.8 Å². The number of benzene rings is 1. The Hall–Kier alpha value is -2.85. The third-order valence-corrected chi connectivity index (χ3v) is 4.88. The highest BCUT2D eigenvalue weighted by Gasteiger charge is 2.31. The second kappa shape index (κ2) is 7.53. The molecule has 3 aromatic rings. The van der Waals surface area contributed by atoms with Crippen LogP contribution in [-0.2, 0) is 10.9 Å². The molecule has 1 aliphatic heterocycles. The first-order chi connectivity index (χ1) is 13.8. The molecule has 0 amide bonds. The van der Waals surface area contributed by atoms with E-state index in [1.165, 1.54) is 12.4 Å². The average molecular weight is 406 g/mol. The molecule has 0 saturated carbocycles. The summed E-state index contributed by atoms with van der Waals surface area (Å²) in [5.74, 6) is 0.513. The van der Waals surface area contributed by atoms with Crippen molar-refractivity contribution in [1.29, 1.82) is 0 Å². The van der Waals surface area contributed by atoms with Gasteiger partial charge in [0.1, 0.15) is 11.8 Å². The maximum Gasteiger partial charge on any atom is 0.416 e. The fourth-order valence-electron chi connectivity index (χ4n) is 3.40. The van der Waals surface area contributed by atoms with Gasteiger partial charge in [0.25, 0.3) is 0 Å². The minimum Gasteiger partial charge on any atom is -0.399 e. The fraction of sp³-hybridized carbons (Fsp3) is 0.368. The number of nitrogens with one attached hydrogen (secondary N) is 2. The van der Waals surface area contributed by atoms with Crippen molar-refractivity contribution in [2.45, 2.75) is 25.2 Å². The zero-order chi connectivity index (χ0) is 20.6. The van der Waals surface area contributed by atoms with Gasteiger partial charge in [-0.15, -0.1) is 0 Å². The van der Waals surface area contributed by atoms with Crippen LogP contribution in [0.5, 0.6) is 0 Å². The van der Waals surface area contributed by atoms with Crippen molar-refractivity contribution in [3.05, 3.63) is 53.5 Å². The molecule has 1 aromatic carbocycles. The summed E-state index contributed by atoms with van der Waals surface area (Å²) in [5.41, 5.74) is 7.05. The number of hydrogen-bond acceptors (Lipinski definition) is 6. The van der Waals surface area contributed by atoms with Crippen LogP contribution in [0.2, 0.25) is 0 Å². The summed E-state index contributed by atoms with van der Waals surface area (Å²) in [6.07, 6.45) is -1.28. The Bertz CT molecular complexity index is 1010. The molecule has 7 nitrogen and oxygen atoms in total. The van der Waals surface area contributed by atoms with E-state index in [-0.39, 0.29) is 11.8 Å². The Morgan fingerprint density at radius 3 is 2.86 bits per heavy atom. The van der Waals surface area contributed by atoms with Crippen LogP contribution in [0.15, 0.2) is 36.8 Å². The molecule has 0 bridgehead atoms. The number of aromatic nitrogens is 3. The summed E-state index contributed by atoms with van der Waals surface area (Å²) >= 11 is 0. The van der Waals surface area contributed by atoms with Gasteiger partial charge in [0.05, 0.1) is 24.3 Å². The number of morpholine rings is 1. The summed E-state index contributed by atoms with van der Waals surface area (Å²) in [4.78, 5) is 4.27. The lowest BCUT2D eigenvalue weighted by molar-refractivity contribution is -0.137. The molecule has 0 aliphatic carbocycles. The Morgan fingerprint density at radius 2 is 2.14 bits per heavy atom. The van der Waals surface area contributed by atoms with E-state index in [0.29, 0.717) is 30.0 Å². The Balaban J connectivity index is 1.62. The van der Waals surface area contributed by atoms with Crippen molar-refractivity contribution in [2.75, 3.05) is 30.7 Å². The zero-order valence-corrected chi connectivity index (χ0v) is 15.7. The number of ether oxygens (including phenoxy) is 1. The van der Waals surface area contributed by atoms with Gasteiger partial charge in [0.15, 0.2) is 5.82 Å². The number of alkyl halides is 3. The Labute approximate surface area is 165 Å². The van der Waals surface area contributed by atoms with Gasteiger partial charge < -0.3 is 21.1 Å². The summed E-state index contributed by atoms with van der Waals surface area (Å²) < 4.78 is 46.8. The predicted molar refractivity (Wildman–Crippen MR) is 102 cm³/mol. The van der Waals surface area contributed by atoms with Gasteiger partial charge in [0, 0.05) is 30.5 Å². The lowest BCUT2D eigenvalue weighted by Gasteiger charge is -2.22. The average Bonchev–Trinajstić information content (AvgIpc) is 3.13. The van der Waals surface area contributed by atoms with Crippen LogP contribution in [0.3, 0.4) is 0 Å². The van der Waals surface area contributed by atoms with Gasteiger partial charge in [-0.3, -0.25) is 0 Å². The van der Waals surface area contributed by atoms with E-state index in [4.69, 9.17) is 10.5 Å². The number of fused-ring (bicyclic) bond motifs is 1. The number of nitrogens with zero attached hydrogens (tertiary/aromatic N) is 3. The predicted octanol–water partition coefficient (Wildman–Crippen LogP) is 3.16. The Morgan fingerprint density at radius 1 is 1.31 bits per heavy atom. The van der Waals surface area contributed by atoms with Gasteiger partial charge in [-0.1, -0.05) is 0 Å². The van der Waals surface area contributed by atoms with Crippen LogP contribution in [0.1, 0.15) is 35.8 Å². The minimum atomic E-state index is -4.46. The highest BCUT2D eigenvalue weighted by molar-refractivity contribution is 5.69. The molecule has 1 fully saturated rings. The van der Waals surface area contributed by atoms with Crippen LogP contribution >= 0.6 is 0 Å². The molecule has 4 rings (SSSR count). The maximum atomic E-state index is 13.1. The summed E-state index contributed by atoms with van der Waals surface area (Å²) in [6.45, 7) is 3.90. The van der Waals surface area contributed by atoms with Gasteiger partial charge in [-0.2, -0.15) is 18.3 Å². The van der Waals surface area contributed by atoms with E-state index in [1.54, 1.807) is 11.4 Å². The molecule has 2 unspecified atom stereocenters. The molecular weight excluding hydrogens is 385 g/mol. The quantitative estimate of drug-likeness (QED) is 0.577. The molecule has 2 atom stereocenters. The molecule has 0 spiro atoms. The normalized spacial score (nSPS) is 18.7. The molecule has 154 valence electrons. The van der Waals surface area contributed by atoms with Crippen molar-refractivity contribution >= 4 is 17.0 Å². The third-order valence-electron chi connectivity index (χ3n) is 4.88. The van der Waals surface area contributed by atoms with Crippen LogP contribution in [0.4, 0.5) is 24.7 Å². The lowest BCUT2D eigenvalue weighted by Crippen LogP contribution is -2.33. The first kappa shape index (κ1) is 19.5. The Kier molecular flexibility index (Phi) is 5.05. The monoisotopic (exact) mass is 406 g/mol. The number of nitrogen functional groups attached to an aromatic ring is 1. The fourth-order valence-corrected chi connectivity index (χ4v) is 3.40. The number of rotatable bonds is 4. The first-order valence-electron chi connectivity index (χ1n) is 9.21. The second-order valence-corrected chi connectivity index (χ2v) is 7.03. The van der Waals surface area contributed by atoms with Crippen LogP contribution in [0, 0.1) is 0 Å². The SMILES string of the molecule is CC(Nc1ncnn2cc(C3CNCCO3)cc12)c1cc(N)cc(C(F)(F)F)c1.